The number of rotatable bonds is 2. The number of hydrogen-bond acceptors (Lipinski definition) is 4. The van der Waals surface area contributed by atoms with Crippen molar-refractivity contribution >= 4 is 11.9 Å². The molecule has 0 aliphatic carbocycles. The SMILES string of the molecule is O=C(O)c1cccc2c1CCN(C(=O)c1cccc3c1OCCO3)C2. The summed E-state index contributed by atoms with van der Waals surface area (Å²) < 4.78 is 11.2. The first kappa shape index (κ1) is 15.5. The fourth-order valence-electron chi connectivity index (χ4n) is 3.40. The van der Waals surface area contributed by atoms with E-state index in [1.807, 2.05) is 6.07 Å². The molecule has 2 aliphatic heterocycles. The fraction of sp³-hybridized carbons (Fsp3) is 0.263. The highest BCUT2D eigenvalue weighted by Crippen LogP contribution is 2.35. The quantitative estimate of drug-likeness (QED) is 0.909. The van der Waals surface area contributed by atoms with Gasteiger partial charge in [0.05, 0.1) is 11.1 Å². The summed E-state index contributed by atoms with van der Waals surface area (Å²) in [5.74, 6) is 0.0135. The van der Waals surface area contributed by atoms with Crippen molar-refractivity contribution in [1.29, 1.82) is 0 Å². The fourth-order valence-corrected chi connectivity index (χ4v) is 3.40. The van der Waals surface area contributed by atoms with Gasteiger partial charge in [0, 0.05) is 13.1 Å². The number of carboxylic acid groups (broad SMARTS) is 1. The Bertz CT molecular complexity index is 861. The number of nitrogens with zero attached hydrogens (tertiary/aromatic N) is 1. The molecule has 0 unspecified atom stereocenters. The first-order valence-electron chi connectivity index (χ1n) is 8.17. The van der Waals surface area contributed by atoms with Crippen molar-refractivity contribution < 1.29 is 24.2 Å². The number of aromatic carboxylic acids is 1. The van der Waals surface area contributed by atoms with Gasteiger partial charge in [0.1, 0.15) is 13.2 Å². The molecule has 128 valence electrons. The number of carbonyl (C=O) groups excluding carboxylic acids is 1. The van der Waals surface area contributed by atoms with Crippen LogP contribution in [0.3, 0.4) is 0 Å². The molecule has 1 N–H and O–H groups in total. The van der Waals surface area contributed by atoms with E-state index in [1.165, 1.54) is 0 Å². The van der Waals surface area contributed by atoms with Crippen molar-refractivity contribution in [3.63, 3.8) is 0 Å². The Labute approximate surface area is 144 Å². The van der Waals surface area contributed by atoms with Crippen molar-refractivity contribution in [3.8, 4) is 11.5 Å². The van der Waals surface area contributed by atoms with Crippen molar-refractivity contribution in [2.45, 2.75) is 13.0 Å². The Morgan fingerprint density at radius 3 is 2.60 bits per heavy atom. The summed E-state index contributed by atoms with van der Waals surface area (Å²) in [6.07, 6.45) is 0.524. The predicted octanol–water partition coefficient (Wildman–Crippen LogP) is 2.35. The van der Waals surface area contributed by atoms with Crippen LogP contribution >= 0.6 is 0 Å². The maximum Gasteiger partial charge on any atom is 0.335 e. The average molecular weight is 339 g/mol. The second-order valence-corrected chi connectivity index (χ2v) is 6.05. The molecule has 6 heteroatoms. The van der Waals surface area contributed by atoms with Crippen molar-refractivity contribution in [2.24, 2.45) is 0 Å². The van der Waals surface area contributed by atoms with Gasteiger partial charge in [-0.3, -0.25) is 4.79 Å². The van der Waals surface area contributed by atoms with Crippen LogP contribution in [0.15, 0.2) is 36.4 Å². The number of carboxylic acids is 1. The molecule has 0 saturated heterocycles. The predicted molar refractivity (Wildman–Crippen MR) is 89.3 cm³/mol. The normalized spacial score (nSPS) is 15.4. The zero-order chi connectivity index (χ0) is 17.4. The van der Waals surface area contributed by atoms with E-state index in [0.717, 1.165) is 11.1 Å². The molecule has 2 aliphatic rings. The van der Waals surface area contributed by atoms with Gasteiger partial charge in [-0.2, -0.15) is 0 Å². The molecule has 2 aromatic rings. The first-order valence-corrected chi connectivity index (χ1v) is 8.17. The van der Waals surface area contributed by atoms with Gasteiger partial charge in [0.15, 0.2) is 11.5 Å². The van der Waals surface area contributed by atoms with Crippen LogP contribution in [0.25, 0.3) is 0 Å². The number of amides is 1. The molecule has 0 fully saturated rings. The molecule has 4 rings (SSSR count). The molecule has 6 nitrogen and oxygen atoms in total. The minimum absolute atomic E-state index is 0.131. The summed E-state index contributed by atoms with van der Waals surface area (Å²) in [4.78, 5) is 26.1. The third kappa shape index (κ3) is 2.69. The monoisotopic (exact) mass is 339 g/mol. The van der Waals surface area contributed by atoms with Gasteiger partial charge in [0.2, 0.25) is 0 Å². The maximum atomic E-state index is 13.0. The van der Waals surface area contributed by atoms with Crippen LogP contribution in [0, 0.1) is 0 Å². The van der Waals surface area contributed by atoms with Crippen molar-refractivity contribution in [3.05, 3.63) is 58.7 Å². The third-order valence-corrected chi connectivity index (χ3v) is 4.58. The minimum atomic E-state index is -0.931. The van der Waals surface area contributed by atoms with Crippen LogP contribution < -0.4 is 9.47 Å². The molecular weight excluding hydrogens is 322 g/mol. The molecule has 0 aromatic heterocycles. The Morgan fingerprint density at radius 1 is 1.00 bits per heavy atom. The molecule has 0 radical (unpaired) electrons. The van der Waals surface area contributed by atoms with Crippen LogP contribution in [0.2, 0.25) is 0 Å². The molecule has 2 aromatic carbocycles. The third-order valence-electron chi connectivity index (χ3n) is 4.58. The average Bonchev–Trinajstić information content (AvgIpc) is 2.66. The Hall–Kier alpha value is -3.02. The molecule has 0 atom stereocenters. The van der Waals surface area contributed by atoms with Crippen LogP contribution in [-0.2, 0) is 13.0 Å². The number of carbonyl (C=O) groups is 2. The number of benzene rings is 2. The lowest BCUT2D eigenvalue weighted by Gasteiger charge is -2.30. The van der Waals surface area contributed by atoms with Gasteiger partial charge < -0.3 is 19.5 Å². The molecule has 1 amide bonds. The molecular formula is C19H17NO5. The zero-order valence-electron chi connectivity index (χ0n) is 13.5. The van der Waals surface area contributed by atoms with Gasteiger partial charge in [-0.15, -0.1) is 0 Å². The number of hydrogen-bond donors (Lipinski definition) is 1. The molecule has 25 heavy (non-hydrogen) atoms. The Morgan fingerprint density at radius 2 is 1.76 bits per heavy atom. The van der Waals surface area contributed by atoms with E-state index in [-0.39, 0.29) is 5.91 Å². The number of para-hydroxylation sites is 1. The topological polar surface area (TPSA) is 76.1 Å². The van der Waals surface area contributed by atoms with E-state index in [0.29, 0.717) is 55.4 Å². The maximum absolute atomic E-state index is 13.0. The summed E-state index contributed by atoms with van der Waals surface area (Å²) in [6, 6.07) is 10.5. The van der Waals surface area contributed by atoms with Crippen LogP contribution in [-0.4, -0.2) is 41.6 Å². The van der Waals surface area contributed by atoms with Crippen LogP contribution in [0.1, 0.15) is 31.8 Å². The largest absolute Gasteiger partial charge is 0.486 e. The van der Waals surface area contributed by atoms with Crippen LogP contribution in [0.5, 0.6) is 11.5 Å². The second kappa shape index (κ2) is 6.12. The van der Waals surface area contributed by atoms with E-state index in [2.05, 4.69) is 0 Å². The van der Waals surface area contributed by atoms with Crippen LogP contribution in [0.4, 0.5) is 0 Å². The van der Waals surface area contributed by atoms with E-state index < -0.39 is 5.97 Å². The van der Waals surface area contributed by atoms with E-state index in [9.17, 15) is 14.7 Å². The lowest BCUT2D eigenvalue weighted by Crippen LogP contribution is -2.37. The Balaban J connectivity index is 1.63. The highest BCUT2D eigenvalue weighted by molar-refractivity contribution is 5.98. The van der Waals surface area contributed by atoms with Gasteiger partial charge in [0.25, 0.3) is 5.91 Å². The first-order chi connectivity index (χ1) is 12.1. The van der Waals surface area contributed by atoms with E-state index in [1.54, 1.807) is 35.2 Å². The zero-order valence-corrected chi connectivity index (χ0v) is 13.5. The molecule has 0 saturated carbocycles. The number of ether oxygens (including phenoxy) is 2. The molecule has 0 spiro atoms. The summed E-state index contributed by atoms with van der Waals surface area (Å²) >= 11 is 0. The van der Waals surface area contributed by atoms with Gasteiger partial charge in [-0.05, 0) is 35.7 Å². The standard InChI is InChI=1S/C19H17NO5/c21-18(15-5-2-6-16-17(15)25-10-9-24-16)20-8-7-13-12(11-20)3-1-4-14(13)19(22)23/h1-6H,7-11H2,(H,22,23). The highest BCUT2D eigenvalue weighted by Gasteiger charge is 2.28. The second-order valence-electron chi connectivity index (χ2n) is 6.05. The number of fused-ring (bicyclic) bond motifs is 2. The van der Waals surface area contributed by atoms with Crippen molar-refractivity contribution in [2.75, 3.05) is 19.8 Å². The minimum Gasteiger partial charge on any atom is -0.486 e. The van der Waals surface area contributed by atoms with Gasteiger partial charge in [-0.25, -0.2) is 4.79 Å². The summed E-state index contributed by atoms with van der Waals surface area (Å²) in [7, 11) is 0. The van der Waals surface area contributed by atoms with Gasteiger partial charge in [-0.1, -0.05) is 18.2 Å². The smallest absolute Gasteiger partial charge is 0.335 e. The van der Waals surface area contributed by atoms with Crippen molar-refractivity contribution in [1.82, 2.24) is 4.90 Å². The lowest BCUT2D eigenvalue weighted by atomic mass is 9.94. The molecule has 2 heterocycles. The summed E-state index contributed by atoms with van der Waals surface area (Å²) in [5, 5.41) is 9.32. The lowest BCUT2D eigenvalue weighted by molar-refractivity contribution is 0.0694. The summed E-state index contributed by atoms with van der Waals surface area (Å²) in [6.45, 7) is 1.75. The van der Waals surface area contributed by atoms with E-state index in [4.69, 9.17) is 9.47 Å². The summed E-state index contributed by atoms with van der Waals surface area (Å²) in [5.41, 5.74) is 2.49. The van der Waals surface area contributed by atoms with Gasteiger partial charge >= 0.3 is 5.97 Å². The molecule has 0 bridgehead atoms. The Kier molecular flexibility index (Phi) is 3.80. The highest BCUT2D eigenvalue weighted by atomic mass is 16.6. The van der Waals surface area contributed by atoms with E-state index >= 15 is 0 Å².